The average molecular weight is 453 g/mol. The molecule has 2 aromatic rings. The van der Waals surface area contributed by atoms with Crippen molar-refractivity contribution in [2.45, 2.75) is 25.6 Å². The van der Waals surface area contributed by atoms with Gasteiger partial charge in [-0.1, -0.05) is 24.3 Å². The molecule has 1 atom stereocenters. The number of hydrazone groups is 1. The van der Waals surface area contributed by atoms with E-state index in [0.717, 1.165) is 38.3 Å². The Hall–Kier alpha value is -3.30. The Morgan fingerprint density at radius 1 is 1.09 bits per heavy atom. The number of rotatable bonds is 7. The molecular weight excluding hydrogens is 423 g/mol. The molecule has 2 aromatic carbocycles. The minimum atomic E-state index is -0.789. The van der Waals surface area contributed by atoms with E-state index in [1.165, 1.54) is 34.8 Å². The van der Waals surface area contributed by atoms with Gasteiger partial charge in [0.2, 0.25) is 5.91 Å². The maximum Gasteiger partial charge on any atom is 0.267 e. The number of nitrogens with two attached hydrogens (primary N) is 1. The number of nitrogens with zero attached hydrogens (tertiary/aromatic N) is 4. The lowest BCUT2D eigenvalue weighted by molar-refractivity contribution is -0.119. The van der Waals surface area contributed by atoms with E-state index in [1.54, 1.807) is 0 Å². The fraction of sp³-hybridized carbons (Fsp3) is 0.375. The average Bonchev–Trinajstić information content (AvgIpc) is 3.26. The largest absolute Gasteiger partial charge is 0.368 e. The molecule has 0 radical (unpaired) electrons. The first-order valence-corrected chi connectivity index (χ1v) is 11.1. The summed E-state index contributed by atoms with van der Waals surface area (Å²) in [4.78, 5) is 29.4. The molecule has 3 N–H and O–H groups in total. The van der Waals surface area contributed by atoms with Gasteiger partial charge in [-0.05, 0) is 42.4 Å². The predicted molar refractivity (Wildman–Crippen MR) is 125 cm³/mol. The fourth-order valence-corrected chi connectivity index (χ4v) is 4.09. The highest BCUT2D eigenvalue weighted by Crippen LogP contribution is 2.25. The minimum absolute atomic E-state index is 0.0992. The van der Waals surface area contributed by atoms with E-state index in [2.05, 4.69) is 39.4 Å². The second-order valence-corrected chi connectivity index (χ2v) is 8.57. The van der Waals surface area contributed by atoms with E-state index in [1.807, 2.05) is 12.1 Å². The van der Waals surface area contributed by atoms with Crippen LogP contribution in [0, 0.1) is 5.82 Å². The Morgan fingerprint density at radius 2 is 1.79 bits per heavy atom. The predicted octanol–water partition coefficient (Wildman–Crippen LogP) is 1.31. The van der Waals surface area contributed by atoms with Crippen molar-refractivity contribution in [1.29, 1.82) is 0 Å². The van der Waals surface area contributed by atoms with Gasteiger partial charge in [-0.2, -0.15) is 5.10 Å². The molecular formula is C24H29FN6O2. The van der Waals surface area contributed by atoms with E-state index in [9.17, 15) is 14.0 Å². The number of hydrogen-bond donors (Lipinski definition) is 2. The summed E-state index contributed by atoms with van der Waals surface area (Å²) in [5, 5.41) is 8.58. The zero-order valence-electron chi connectivity index (χ0n) is 18.7. The maximum absolute atomic E-state index is 13.3. The molecule has 1 fully saturated rings. The molecule has 2 heterocycles. The molecule has 0 saturated carbocycles. The summed E-state index contributed by atoms with van der Waals surface area (Å²) in [6.45, 7) is 5.46. The summed E-state index contributed by atoms with van der Waals surface area (Å²) in [7, 11) is 2.14. The van der Waals surface area contributed by atoms with Crippen molar-refractivity contribution in [1.82, 2.24) is 15.1 Å². The summed E-state index contributed by atoms with van der Waals surface area (Å²) in [6.07, 6.45) is 0.0992. The molecule has 174 valence electrons. The number of benzene rings is 2. The number of piperazine rings is 1. The van der Waals surface area contributed by atoms with Crippen molar-refractivity contribution in [2.24, 2.45) is 10.8 Å². The molecule has 1 saturated heterocycles. The molecule has 2 amide bonds. The number of primary amides is 1. The van der Waals surface area contributed by atoms with Crippen molar-refractivity contribution < 1.29 is 14.0 Å². The Kier molecular flexibility index (Phi) is 7.00. The molecule has 1 unspecified atom stereocenters. The van der Waals surface area contributed by atoms with Gasteiger partial charge in [0.25, 0.3) is 5.91 Å². The molecule has 2 aliphatic heterocycles. The van der Waals surface area contributed by atoms with E-state index in [4.69, 9.17) is 5.73 Å². The molecule has 0 aliphatic carbocycles. The quantitative estimate of drug-likeness (QED) is 0.661. The van der Waals surface area contributed by atoms with Crippen molar-refractivity contribution >= 4 is 23.2 Å². The summed E-state index contributed by atoms with van der Waals surface area (Å²) in [5.41, 5.74) is 8.44. The summed E-state index contributed by atoms with van der Waals surface area (Å²) in [5.74, 6) is -1.34. The fourth-order valence-electron chi connectivity index (χ4n) is 4.09. The summed E-state index contributed by atoms with van der Waals surface area (Å²) < 4.78 is 13.3. The highest BCUT2D eigenvalue weighted by Gasteiger charge is 2.34. The first-order valence-electron chi connectivity index (χ1n) is 11.1. The molecule has 9 heteroatoms. The van der Waals surface area contributed by atoms with Gasteiger partial charge in [0.05, 0.1) is 5.69 Å². The zero-order valence-corrected chi connectivity index (χ0v) is 18.7. The van der Waals surface area contributed by atoms with E-state index in [0.29, 0.717) is 12.2 Å². The first kappa shape index (κ1) is 22.9. The standard InChI is InChI=1S/C24H29FN6O2/c1-29-9-11-30(12-10-29)16-18-4-2-3-17(13-18)15-27-24(33)21-14-22(23(26)32)31(28-21)20-7-5-19(25)6-8-20/h2-8,13,22H,9-12,14-16H2,1H3,(H2,26,32)(H,27,33). The molecule has 0 spiro atoms. The first-order chi connectivity index (χ1) is 15.9. The lowest BCUT2D eigenvalue weighted by atomic mass is 10.1. The third-order valence-corrected chi connectivity index (χ3v) is 6.04. The van der Waals surface area contributed by atoms with Crippen LogP contribution < -0.4 is 16.1 Å². The van der Waals surface area contributed by atoms with Crippen LogP contribution in [0.25, 0.3) is 0 Å². The number of anilines is 1. The van der Waals surface area contributed by atoms with Gasteiger partial charge in [0.1, 0.15) is 17.6 Å². The molecule has 4 rings (SSSR count). The van der Waals surface area contributed by atoms with Crippen LogP contribution >= 0.6 is 0 Å². The number of nitrogens with one attached hydrogen (secondary N) is 1. The summed E-state index contributed by atoms with van der Waals surface area (Å²) in [6, 6.07) is 12.9. The molecule has 0 aromatic heterocycles. The van der Waals surface area contributed by atoms with Crippen LogP contribution in [0.1, 0.15) is 17.5 Å². The smallest absolute Gasteiger partial charge is 0.267 e. The minimum Gasteiger partial charge on any atom is -0.368 e. The van der Waals surface area contributed by atoms with Crippen LogP contribution in [0.5, 0.6) is 0 Å². The van der Waals surface area contributed by atoms with Gasteiger partial charge in [-0.15, -0.1) is 0 Å². The number of hydrogen-bond acceptors (Lipinski definition) is 6. The van der Waals surface area contributed by atoms with Crippen LogP contribution in [-0.2, 0) is 22.7 Å². The van der Waals surface area contributed by atoms with Crippen LogP contribution in [0.3, 0.4) is 0 Å². The Labute approximate surface area is 192 Å². The van der Waals surface area contributed by atoms with Gasteiger partial charge < -0.3 is 16.0 Å². The molecule has 8 nitrogen and oxygen atoms in total. The third-order valence-electron chi connectivity index (χ3n) is 6.04. The van der Waals surface area contributed by atoms with E-state index in [-0.39, 0.29) is 18.0 Å². The Morgan fingerprint density at radius 3 is 2.48 bits per heavy atom. The normalized spacial score (nSPS) is 19.4. The molecule has 33 heavy (non-hydrogen) atoms. The number of amides is 2. The van der Waals surface area contributed by atoms with Crippen molar-refractivity contribution in [3.63, 3.8) is 0 Å². The molecule has 0 bridgehead atoms. The SMILES string of the molecule is CN1CCN(Cc2cccc(CNC(=O)C3=NN(c4ccc(F)cc4)C(C(N)=O)C3)c2)CC1. The van der Waals surface area contributed by atoms with Crippen molar-refractivity contribution in [2.75, 3.05) is 38.2 Å². The van der Waals surface area contributed by atoms with Gasteiger partial charge in [-0.3, -0.25) is 19.5 Å². The number of carbonyl (C=O) groups is 2. The van der Waals surface area contributed by atoms with Crippen molar-refractivity contribution in [3.8, 4) is 0 Å². The van der Waals surface area contributed by atoms with Gasteiger partial charge in [0, 0.05) is 45.7 Å². The monoisotopic (exact) mass is 452 g/mol. The topological polar surface area (TPSA) is 94.3 Å². The van der Waals surface area contributed by atoms with Crippen LogP contribution in [0.4, 0.5) is 10.1 Å². The van der Waals surface area contributed by atoms with Gasteiger partial charge in [0.15, 0.2) is 0 Å². The molecule has 2 aliphatic rings. The number of likely N-dealkylation sites (N-methyl/N-ethyl adjacent to an activating group) is 1. The maximum atomic E-state index is 13.3. The van der Waals surface area contributed by atoms with E-state index >= 15 is 0 Å². The van der Waals surface area contributed by atoms with Gasteiger partial charge >= 0.3 is 0 Å². The van der Waals surface area contributed by atoms with E-state index < -0.39 is 17.8 Å². The highest BCUT2D eigenvalue weighted by atomic mass is 19.1. The second-order valence-electron chi connectivity index (χ2n) is 8.57. The Balaban J connectivity index is 1.37. The van der Waals surface area contributed by atoms with Crippen LogP contribution in [0.2, 0.25) is 0 Å². The van der Waals surface area contributed by atoms with Crippen LogP contribution in [0.15, 0.2) is 53.6 Å². The number of carbonyl (C=O) groups excluding carboxylic acids is 2. The second kappa shape index (κ2) is 10.1. The van der Waals surface area contributed by atoms with Crippen molar-refractivity contribution in [3.05, 3.63) is 65.5 Å². The Bertz CT molecular complexity index is 1030. The summed E-state index contributed by atoms with van der Waals surface area (Å²) >= 11 is 0. The zero-order chi connectivity index (χ0) is 23.4. The third kappa shape index (κ3) is 5.74. The van der Waals surface area contributed by atoms with Crippen LogP contribution in [-0.4, -0.2) is 66.6 Å². The lowest BCUT2D eigenvalue weighted by Gasteiger charge is -2.32. The van der Waals surface area contributed by atoms with Gasteiger partial charge in [-0.25, -0.2) is 4.39 Å². The lowest BCUT2D eigenvalue weighted by Crippen LogP contribution is -2.43. The highest BCUT2D eigenvalue weighted by molar-refractivity contribution is 6.40. The number of halogens is 1.